The van der Waals surface area contributed by atoms with Crippen LogP contribution in [0.4, 0.5) is 11.5 Å². The average Bonchev–Trinajstić information content (AvgIpc) is 2.70. The predicted octanol–water partition coefficient (Wildman–Crippen LogP) is 1.55. The van der Waals surface area contributed by atoms with Crippen LogP contribution in [-0.4, -0.2) is 44.8 Å². The molecule has 0 aliphatic rings. The van der Waals surface area contributed by atoms with E-state index in [9.17, 15) is 14.8 Å². The molecule has 1 heterocycles. The number of nitrogens with two attached hydrogens (primary N) is 1. The number of benzene rings is 2. The molecule has 2 aromatic carbocycles. The smallest absolute Gasteiger partial charge is 0.483 e. The Morgan fingerprint density at radius 1 is 1.16 bits per heavy atom. The molecule has 0 spiro atoms. The van der Waals surface area contributed by atoms with E-state index in [1.165, 1.54) is 0 Å². The first-order valence-electron chi connectivity index (χ1n) is 9.58. The molecule has 0 aliphatic carbocycles. The number of carboxylic acid groups (broad SMARTS) is 1. The highest BCUT2D eigenvalue weighted by Gasteiger charge is 2.17. The van der Waals surface area contributed by atoms with E-state index >= 15 is 0 Å². The first-order chi connectivity index (χ1) is 14.7. The van der Waals surface area contributed by atoms with Crippen LogP contribution >= 0.6 is 0 Å². The van der Waals surface area contributed by atoms with Crippen LogP contribution in [0.5, 0.6) is 0 Å². The minimum atomic E-state index is -1.61. The molecule has 162 valence electrons. The Morgan fingerprint density at radius 3 is 2.45 bits per heavy atom. The maximum absolute atomic E-state index is 12.3. The first-order valence-corrected chi connectivity index (χ1v) is 9.58. The molecule has 9 nitrogen and oxygen atoms in total. The first kappa shape index (κ1) is 23.8. The Morgan fingerprint density at radius 2 is 1.84 bits per heavy atom. The van der Waals surface area contributed by atoms with Crippen molar-refractivity contribution in [3.63, 3.8) is 0 Å². The summed E-state index contributed by atoms with van der Waals surface area (Å²) in [5.74, 6) is 0.477. The maximum Gasteiger partial charge on any atom is 0.488 e. The molecule has 3 rings (SSSR count). The second-order valence-electron chi connectivity index (χ2n) is 7.36. The van der Waals surface area contributed by atoms with Gasteiger partial charge in [-0.2, -0.15) is 5.10 Å². The average molecular weight is 424 g/mol. The van der Waals surface area contributed by atoms with Gasteiger partial charge in [0.2, 0.25) is 5.91 Å². The van der Waals surface area contributed by atoms with Crippen LogP contribution in [0.15, 0.2) is 36.4 Å². The summed E-state index contributed by atoms with van der Waals surface area (Å²) in [6.07, 6.45) is 0.396. The van der Waals surface area contributed by atoms with Crippen molar-refractivity contribution in [1.82, 2.24) is 10.2 Å². The van der Waals surface area contributed by atoms with Crippen molar-refractivity contribution >= 4 is 47.2 Å². The Labute approximate surface area is 180 Å². The molecule has 0 bridgehead atoms. The van der Waals surface area contributed by atoms with E-state index in [1.54, 1.807) is 18.2 Å². The molecule has 0 radical (unpaired) electrons. The summed E-state index contributed by atoms with van der Waals surface area (Å²) in [6.45, 7) is 5.55. The zero-order valence-electron chi connectivity index (χ0n) is 17.5. The monoisotopic (exact) mass is 424 g/mol. The number of carbonyl (C=O) groups is 2. The van der Waals surface area contributed by atoms with E-state index in [4.69, 9.17) is 15.6 Å². The van der Waals surface area contributed by atoms with Gasteiger partial charge in [0.15, 0.2) is 5.82 Å². The second-order valence-corrected chi connectivity index (χ2v) is 7.36. The van der Waals surface area contributed by atoms with Crippen LogP contribution in [0.25, 0.3) is 21.9 Å². The summed E-state index contributed by atoms with van der Waals surface area (Å²) in [7, 11) is -1.61. The molecule has 10 heteroatoms. The van der Waals surface area contributed by atoms with Gasteiger partial charge in [0.25, 0.3) is 6.47 Å². The number of fused-ring (bicyclic) bond motifs is 1. The molecule has 0 unspecified atom stereocenters. The van der Waals surface area contributed by atoms with Crippen molar-refractivity contribution < 1.29 is 24.7 Å². The summed E-state index contributed by atoms with van der Waals surface area (Å²) in [5, 5.41) is 38.6. The normalized spacial score (nSPS) is 10.4. The van der Waals surface area contributed by atoms with Gasteiger partial charge < -0.3 is 26.2 Å². The number of nitrogen functional groups attached to an aromatic ring is 1. The largest absolute Gasteiger partial charge is 0.488 e. The lowest BCUT2D eigenvalue weighted by Gasteiger charge is -2.15. The Kier molecular flexibility index (Phi) is 8.06. The molecule has 1 aromatic heterocycles. The number of carbonyl (C=O) groups excluding carboxylic acids is 1. The molecule has 0 saturated heterocycles. The van der Waals surface area contributed by atoms with E-state index in [0.717, 1.165) is 22.0 Å². The van der Waals surface area contributed by atoms with E-state index in [0.29, 0.717) is 29.0 Å². The number of nitrogens with one attached hydrogen (secondary N) is 1. The topological polar surface area (TPSA) is 159 Å². The highest BCUT2D eigenvalue weighted by atomic mass is 16.4. The van der Waals surface area contributed by atoms with Crippen LogP contribution < -0.4 is 16.5 Å². The maximum atomic E-state index is 12.3. The van der Waals surface area contributed by atoms with E-state index < -0.39 is 7.12 Å². The summed E-state index contributed by atoms with van der Waals surface area (Å²) in [6, 6.07) is 10.5. The summed E-state index contributed by atoms with van der Waals surface area (Å²) >= 11 is 0. The summed E-state index contributed by atoms with van der Waals surface area (Å²) < 4.78 is 0. The zero-order valence-corrected chi connectivity index (χ0v) is 17.5. The number of rotatable bonds is 5. The van der Waals surface area contributed by atoms with Crippen LogP contribution in [0.1, 0.15) is 26.0 Å². The third-order valence-electron chi connectivity index (χ3n) is 4.51. The van der Waals surface area contributed by atoms with Crippen molar-refractivity contribution in [2.45, 2.75) is 27.2 Å². The Balaban J connectivity index is 0.00000107. The van der Waals surface area contributed by atoms with Crippen LogP contribution in [0, 0.1) is 12.8 Å². The number of nitrogens with zero attached hydrogens (tertiary/aromatic N) is 2. The minimum absolute atomic E-state index is 0.0966. The fourth-order valence-corrected chi connectivity index (χ4v) is 3.11. The standard InChI is InChI=1S/C20H23BN4O3.CH2O2/c1-11(2)8-19(26)23-18-7-5-14(21(27)28)10-17(18)13-4-6-15-16(9-13)12(3)24-25-20(15)22;2-1-3/h4-7,9-11,27-28H,8H2,1-3H3,(H2,22,25)(H,23,26);1H,(H,2,3). The lowest BCUT2D eigenvalue weighted by atomic mass is 9.78. The predicted molar refractivity (Wildman–Crippen MR) is 121 cm³/mol. The molecule has 0 atom stereocenters. The number of hydrogen-bond donors (Lipinski definition) is 5. The van der Waals surface area contributed by atoms with Gasteiger partial charge in [0.05, 0.1) is 5.69 Å². The summed E-state index contributed by atoms with van der Waals surface area (Å²) in [4.78, 5) is 20.7. The third-order valence-corrected chi connectivity index (χ3v) is 4.51. The molecule has 31 heavy (non-hydrogen) atoms. The van der Waals surface area contributed by atoms with Gasteiger partial charge in [0.1, 0.15) is 0 Å². The third kappa shape index (κ3) is 6.00. The highest BCUT2D eigenvalue weighted by Crippen LogP contribution is 2.32. The number of anilines is 2. The van der Waals surface area contributed by atoms with E-state index in [1.807, 2.05) is 39.0 Å². The van der Waals surface area contributed by atoms with Crippen molar-refractivity contribution in [2.24, 2.45) is 5.92 Å². The molecule has 6 N–H and O–H groups in total. The molecule has 1 amide bonds. The van der Waals surface area contributed by atoms with Crippen molar-refractivity contribution in [2.75, 3.05) is 11.1 Å². The Bertz CT molecular complexity index is 1090. The van der Waals surface area contributed by atoms with E-state index in [2.05, 4.69) is 15.5 Å². The molecular weight excluding hydrogens is 399 g/mol. The lowest BCUT2D eigenvalue weighted by Crippen LogP contribution is -2.30. The molecule has 0 fully saturated rings. The molecule has 3 aromatic rings. The van der Waals surface area contributed by atoms with Crippen molar-refractivity contribution in [3.8, 4) is 11.1 Å². The van der Waals surface area contributed by atoms with Gasteiger partial charge in [-0.25, -0.2) is 0 Å². The van der Waals surface area contributed by atoms with Gasteiger partial charge in [0, 0.05) is 28.4 Å². The van der Waals surface area contributed by atoms with Gasteiger partial charge in [-0.1, -0.05) is 32.0 Å². The molecule has 0 saturated carbocycles. The van der Waals surface area contributed by atoms with Gasteiger partial charge in [-0.15, -0.1) is 5.10 Å². The minimum Gasteiger partial charge on any atom is -0.483 e. The summed E-state index contributed by atoms with van der Waals surface area (Å²) in [5.41, 5.74) is 9.06. The van der Waals surface area contributed by atoms with Gasteiger partial charge in [-0.3, -0.25) is 9.59 Å². The number of aryl methyl sites for hydroxylation is 1. The van der Waals surface area contributed by atoms with Crippen LogP contribution in [0.3, 0.4) is 0 Å². The van der Waals surface area contributed by atoms with Gasteiger partial charge in [-0.05, 0) is 42.1 Å². The quantitative estimate of drug-likeness (QED) is 0.305. The number of aromatic nitrogens is 2. The van der Waals surface area contributed by atoms with Crippen LogP contribution in [0.2, 0.25) is 0 Å². The number of amides is 1. The molecular formula is C21H25BN4O5. The fourth-order valence-electron chi connectivity index (χ4n) is 3.11. The Hall–Kier alpha value is -3.50. The van der Waals surface area contributed by atoms with E-state index in [-0.39, 0.29) is 18.3 Å². The number of hydrogen-bond acceptors (Lipinski definition) is 7. The van der Waals surface area contributed by atoms with Crippen molar-refractivity contribution in [3.05, 3.63) is 42.1 Å². The second kappa shape index (κ2) is 10.5. The highest BCUT2D eigenvalue weighted by molar-refractivity contribution is 6.58. The lowest BCUT2D eigenvalue weighted by molar-refractivity contribution is -0.123. The SMILES string of the molecule is Cc1nnc(N)c2ccc(-c3cc(B(O)O)ccc3NC(=O)CC(C)C)cc12.O=CO. The molecule has 0 aliphatic heterocycles. The van der Waals surface area contributed by atoms with Crippen LogP contribution in [-0.2, 0) is 9.59 Å². The van der Waals surface area contributed by atoms with Gasteiger partial charge >= 0.3 is 7.12 Å². The van der Waals surface area contributed by atoms with Crippen molar-refractivity contribution in [1.29, 1.82) is 0 Å². The fraction of sp³-hybridized carbons (Fsp3) is 0.238. The zero-order chi connectivity index (χ0) is 23.1.